The van der Waals surface area contributed by atoms with Crippen molar-refractivity contribution >= 4 is 28.9 Å². The predicted octanol–water partition coefficient (Wildman–Crippen LogP) is 3.35. The van der Waals surface area contributed by atoms with Gasteiger partial charge in [0.1, 0.15) is 10.7 Å². The molecular weight excluding hydrogens is 361 g/mol. The van der Waals surface area contributed by atoms with Gasteiger partial charge in [-0.3, -0.25) is 4.79 Å². The zero-order valence-corrected chi connectivity index (χ0v) is 14.0. The lowest BCUT2D eigenvalue weighted by Crippen LogP contribution is -2.17. The highest BCUT2D eigenvalue weighted by atomic mass is 32.1. The number of benzene rings is 1. The number of methoxy groups -OCH3 is 2. The van der Waals surface area contributed by atoms with Gasteiger partial charge in [-0.1, -0.05) is 0 Å². The van der Waals surface area contributed by atoms with Gasteiger partial charge < -0.3 is 14.8 Å². The molecule has 2 aromatic rings. The van der Waals surface area contributed by atoms with Gasteiger partial charge in [-0.05, 0) is 18.2 Å². The van der Waals surface area contributed by atoms with Crippen LogP contribution in [0.25, 0.3) is 0 Å². The number of ether oxygens (including phenoxy) is 2. The number of nitrogens with one attached hydrogen (secondary N) is 1. The Morgan fingerprint density at radius 2 is 2.00 bits per heavy atom. The molecule has 0 spiro atoms. The molecule has 0 aliphatic heterocycles. The maximum absolute atomic E-state index is 12.9. The molecule has 0 saturated heterocycles. The van der Waals surface area contributed by atoms with Crippen LogP contribution in [0.15, 0.2) is 23.6 Å². The van der Waals surface area contributed by atoms with Crippen LogP contribution in [-0.4, -0.2) is 31.1 Å². The molecule has 0 fully saturated rings. The lowest BCUT2D eigenvalue weighted by atomic mass is 10.1. The molecule has 0 saturated carbocycles. The number of alkyl halides is 3. The third kappa shape index (κ3) is 4.54. The first kappa shape index (κ1) is 18.9. The molecule has 1 heterocycles. The van der Waals surface area contributed by atoms with Crippen molar-refractivity contribution in [1.82, 2.24) is 4.98 Å². The molecule has 0 unspecified atom stereocenters. The molecular formula is C15H13F3N2O4S. The van der Waals surface area contributed by atoms with Crippen molar-refractivity contribution in [1.29, 1.82) is 0 Å². The highest BCUT2D eigenvalue weighted by Gasteiger charge is 2.32. The number of carbonyl (C=O) groups is 2. The Hall–Kier alpha value is -2.46. The van der Waals surface area contributed by atoms with E-state index in [0.717, 1.165) is 19.2 Å². The second kappa shape index (κ2) is 7.62. The van der Waals surface area contributed by atoms with Crippen molar-refractivity contribution < 1.29 is 32.2 Å². The van der Waals surface area contributed by atoms with Gasteiger partial charge in [0.25, 0.3) is 5.91 Å². The first-order valence-corrected chi connectivity index (χ1v) is 7.68. The fourth-order valence-electron chi connectivity index (χ4n) is 1.90. The fraction of sp³-hybridized carbons (Fsp3) is 0.267. The van der Waals surface area contributed by atoms with Crippen LogP contribution >= 0.6 is 11.3 Å². The molecule has 134 valence electrons. The first-order chi connectivity index (χ1) is 11.8. The number of halogens is 3. The van der Waals surface area contributed by atoms with Gasteiger partial charge in [-0.2, -0.15) is 13.2 Å². The van der Waals surface area contributed by atoms with Crippen molar-refractivity contribution in [2.75, 3.05) is 19.5 Å². The summed E-state index contributed by atoms with van der Waals surface area (Å²) in [5.74, 6) is -1.62. The zero-order chi connectivity index (χ0) is 18.6. The molecule has 25 heavy (non-hydrogen) atoms. The summed E-state index contributed by atoms with van der Waals surface area (Å²) in [6, 6.07) is 2.36. The number of rotatable bonds is 5. The van der Waals surface area contributed by atoms with E-state index in [1.54, 1.807) is 0 Å². The van der Waals surface area contributed by atoms with Crippen molar-refractivity contribution in [2.45, 2.75) is 12.8 Å². The van der Waals surface area contributed by atoms with E-state index in [-0.39, 0.29) is 23.6 Å². The smallest absolute Gasteiger partial charge is 0.416 e. The maximum atomic E-state index is 12.9. The molecule has 10 heteroatoms. The van der Waals surface area contributed by atoms with Crippen LogP contribution in [0.1, 0.15) is 31.4 Å². The average Bonchev–Trinajstić information content (AvgIpc) is 3.02. The minimum absolute atomic E-state index is 0.00489. The maximum Gasteiger partial charge on any atom is 0.416 e. The lowest BCUT2D eigenvalue weighted by molar-refractivity contribution is -0.137. The Labute approximate surface area is 144 Å². The van der Waals surface area contributed by atoms with Gasteiger partial charge in [0, 0.05) is 12.5 Å². The van der Waals surface area contributed by atoms with Gasteiger partial charge in [0.2, 0.25) is 0 Å². The molecule has 1 aromatic heterocycles. The molecule has 1 N–H and O–H groups in total. The number of carbonyl (C=O) groups excluding carboxylic acids is 2. The second-order valence-corrected chi connectivity index (χ2v) is 5.71. The lowest BCUT2D eigenvalue weighted by Gasteiger charge is -2.13. The van der Waals surface area contributed by atoms with E-state index in [9.17, 15) is 22.8 Å². The van der Waals surface area contributed by atoms with Crippen molar-refractivity contribution in [3.63, 3.8) is 0 Å². The summed E-state index contributed by atoms with van der Waals surface area (Å²) in [6.45, 7) is 0.203. The number of aromatic nitrogens is 1. The molecule has 1 aromatic carbocycles. The third-order valence-corrected chi connectivity index (χ3v) is 3.87. The molecule has 2 rings (SSSR count). The normalized spacial score (nSPS) is 11.2. The minimum Gasteiger partial charge on any atom is -0.465 e. The van der Waals surface area contributed by atoms with E-state index in [1.807, 2.05) is 0 Å². The second-order valence-electron chi connectivity index (χ2n) is 4.76. The van der Waals surface area contributed by atoms with Crippen molar-refractivity contribution in [3.05, 3.63) is 45.4 Å². The van der Waals surface area contributed by atoms with Gasteiger partial charge in [-0.25, -0.2) is 9.78 Å². The summed E-state index contributed by atoms with van der Waals surface area (Å²) >= 11 is 1.17. The topological polar surface area (TPSA) is 77.5 Å². The number of anilines is 1. The number of amides is 1. The largest absolute Gasteiger partial charge is 0.465 e. The summed E-state index contributed by atoms with van der Waals surface area (Å²) in [7, 11) is 2.55. The Morgan fingerprint density at radius 1 is 1.28 bits per heavy atom. The molecule has 6 nitrogen and oxygen atoms in total. The van der Waals surface area contributed by atoms with Crippen LogP contribution in [0.4, 0.5) is 18.9 Å². The summed E-state index contributed by atoms with van der Waals surface area (Å²) in [5, 5.41) is 4.25. The monoisotopic (exact) mass is 374 g/mol. The highest BCUT2D eigenvalue weighted by molar-refractivity contribution is 7.09. The quantitative estimate of drug-likeness (QED) is 0.812. The minimum atomic E-state index is -4.62. The predicted molar refractivity (Wildman–Crippen MR) is 83.6 cm³/mol. The number of thiazole rings is 1. The van der Waals surface area contributed by atoms with E-state index in [0.29, 0.717) is 11.1 Å². The van der Waals surface area contributed by atoms with E-state index in [4.69, 9.17) is 4.74 Å². The van der Waals surface area contributed by atoms with Crippen LogP contribution in [-0.2, 0) is 22.3 Å². The Morgan fingerprint density at radius 3 is 2.60 bits per heavy atom. The van der Waals surface area contributed by atoms with Crippen LogP contribution in [0, 0.1) is 0 Å². The highest BCUT2D eigenvalue weighted by Crippen LogP contribution is 2.32. The molecule has 0 aliphatic carbocycles. The van der Waals surface area contributed by atoms with Gasteiger partial charge >= 0.3 is 12.1 Å². The zero-order valence-electron chi connectivity index (χ0n) is 13.1. The molecule has 0 atom stereocenters. The number of esters is 1. The fourth-order valence-corrected chi connectivity index (χ4v) is 2.65. The summed E-state index contributed by atoms with van der Waals surface area (Å²) in [4.78, 5) is 27.9. The van der Waals surface area contributed by atoms with E-state index < -0.39 is 23.6 Å². The first-order valence-electron chi connectivity index (χ1n) is 6.80. The van der Waals surface area contributed by atoms with Crippen LogP contribution in [0.5, 0.6) is 0 Å². The number of nitrogens with zero attached hydrogens (tertiary/aromatic N) is 1. The van der Waals surface area contributed by atoms with Crippen molar-refractivity contribution in [2.24, 2.45) is 0 Å². The van der Waals surface area contributed by atoms with Crippen LogP contribution < -0.4 is 5.32 Å². The molecule has 0 radical (unpaired) electrons. The van der Waals surface area contributed by atoms with E-state index in [2.05, 4.69) is 15.0 Å². The molecule has 1 amide bonds. The summed E-state index contributed by atoms with van der Waals surface area (Å²) in [6.07, 6.45) is -4.62. The SMILES string of the molecule is COCc1nc(C(=O)Nc2cc(C(F)(F)F)ccc2C(=O)OC)cs1. The average molecular weight is 374 g/mol. The summed E-state index contributed by atoms with van der Waals surface area (Å²) in [5.41, 5.74) is -1.51. The van der Waals surface area contributed by atoms with Crippen molar-refractivity contribution in [3.8, 4) is 0 Å². The van der Waals surface area contributed by atoms with Gasteiger partial charge in [-0.15, -0.1) is 11.3 Å². The Bertz CT molecular complexity index is 789. The van der Waals surface area contributed by atoms with Gasteiger partial charge in [0.15, 0.2) is 0 Å². The Balaban J connectivity index is 2.34. The molecule has 0 bridgehead atoms. The summed E-state index contributed by atoms with van der Waals surface area (Å²) < 4.78 is 48.0. The van der Waals surface area contributed by atoms with E-state index in [1.165, 1.54) is 23.8 Å². The number of hydrogen-bond acceptors (Lipinski definition) is 6. The standard InChI is InChI=1S/C15H13F3N2O4S/c1-23-6-12-19-11(7-25-12)13(21)20-10-5-8(15(16,17)18)3-4-9(10)14(22)24-2/h3-5,7H,6H2,1-2H3,(H,20,21). The van der Waals surface area contributed by atoms with Gasteiger partial charge in [0.05, 0.1) is 30.5 Å². The van der Waals surface area contributed by atoms with E-state index >= 15 is 0 Å². The van der Waals surface area contributed by atoms with Crippen LogP contribution in [0.3, 0.4) is 0 Å². The Kier molecular flexibility index (Phi) is 5.75. The van der Waals surface area contributed by atoms with Crippen LogP contribution in [0.2, 0.25) is 0 Å². The third-order valence-electron chi connectivity index (χ3n) is 3.05. The molecule has 0 aliphatic rings. The number of hydrogen-bond donors (Lipinski definition) is 1.